The summed E-state index contributed by atoms with van der Waals surface area (Å²) in [7, 11) is 0. The van der Waals surface area contributed by atoms with Gasteiger partial charge >= 0.3 is 24.3 Å². The van der Waals surface area contributed by atoms with Crippen LogP contribution in [0.25, 0.3) is 0 Å². The Morgan fingerprint density at radius 3 is 1.24 bits per heavy atom. The van der Waals surface area contributed by atoms with Crippen molar-refractivity contribution >= 4 is 11.9 Å². The predicted molar refractivity (Wildman–Crippen MR) is 41.5 cm³/mol. The van der Waals surface area contributed by atoms with Gasteiger partial charge in [0.1, 0.15) is 11.8 Å². The molecule has 0 radical (unpaired) electrons. The molecule has 0 bridgehead atoms. The van der Waals surface area contributed by atoms with Gasteiger partial charge in [0.05, 0.1) is 0 Å². The van der Waals surface area contributed by atoms with E-state index < -0.39 is 36.1 Å². The van der Waals surface area contributed by atoms with Gasteiger partial charge in [-0.25, -0.2) is 0 Å². The average molecular weight is 266 g/mol. The molecule has 0 rings (SSSR count). The minimum absolute atomic E-state index is 0.383. The largest absolute Gasteiger partial charge is 0.401 e. The molecule has 0 aromatic carbocycles. The fourth-order valence-corrected chi connectivity index (χ4v) is 0.543. The molecule has 3 nitrogen and oxygen atoms in total. The number of carbonyl (C=O) groups excluding carboxylic acids is 2. The first kappa shape index (κ1) is 15.7. The van der Waals surface area contributed by atoms with Crippen molar-refractivity contribution in [2.75, 3.05) is 0 Å². The summed E-state index contributed by atoms with van der Waals surface area (Å²) in [6, 6.07) is 0. The second-order valence-electron chi connectivity index (χ2n) is 3.27. The number of ether oxygens (including phenoxy) is 1. The third kappa shape index (κ3) is 4.61. The molecule has 0 aliphatic rings. The minimum atomic E-state index is -4.97. The van der Waals surface area contributed by atoms with Crippen LogP contribution in [0.4, 0.5) is 26.3 Å². The van der Waals surface area contributed by atoms with E-state index in [-0.39, 0.29) is 0 Å². The zero-order valence-electron chi connectivity index (χ0n) is 8.65. The van der Waals surface area contributed by atoms with Gasteiger partial charge in [0.15, 0.2) is 0 Å². The molecule has 0 aromatic rings. The minimum Gasteiger partial charge on any atom is -0.392 e. The number of carbonyl (C=O) groups is 2. The van der Waals surface area contributed by atoms with Gasteiger partial charge in [-0.2, -0.15) is 26.3 Å². The molecule has 17 heavy (non-hydrogen) atoms. The van der Waals surface area contributed by atoms with Crippen LogP contribution in [0.15, 0.2) is 0 Å². The third-order valence-electron chi connectivity index (χ3n) is 1.89. The molecular formula is C8H8F6O3. The van der Waals surface area contributed by atoms with Crippen LogP contribution >= 0.6 is 0 Å². The van der Waals surface area contributed by atoms with Crippen LogP contribution in [0.3, 0.4) is 0 Å². The number of esters is 2. The highest BCUT2D eigenvalue weighted by Gasteiger charge is 2.46. The zero-order chi connectivity index (χ0) is 14.0. The van der Waals surface area contributed by atoms with Crippen LogP contribution in [0.1, 0.15) is 13.8 Å². The summed E-state index contributed by atoms with van der Waals surface area (Å²) in [6.07, 6.45) is -9.95. The lowest BCUT2D eigenvalue weighted by Gasteiger charge is -2.16. The molecule has 0 aliphatic heterocycles. The molecule has 0 saturated carbocycles. The number of halogens is 6. The van der Waals surface area contributed by atoms with E-state index in [1.807, 2.05) is 0 Å². The van der Waals surface area contributed by atoms with E-state index in [2.05, 4.69) is 4.74 Å². The first-order valence-electron chi connectivity index (χ1n) is 4.26. The van der Waals surface area contributed by atoms with Gasteiger partial charge in [-0.15, -0.1) is 0 Å². The first-order chi connectivity index (χ1) is 7.37. The number of hydrogen-bond donors (Lipinski definition) is 0. The van der Waals surface area contributed by atoms with Gasteiger partial charge in [0.2, 0.25) is 0 Å². The van der Waals surface area contributed by atoms with Crippen molar-refractivity contribution < 1.29 is 40.7 Å². The van der Waals surface area contributed by atoms with Crippen molar-refractivity contribution in [2.24, 2.45) is 11.8 Å². The van der Waals surface area contributed by atoms with Gasteiger partial charge in [-0.05, 0) is 13.8 Å². The van der Waals surface area contributed by atoms with Gasteiger partial charge in [0, 0.05) is 0 Å². The van der Waals surface area contributed by atoms with Crippen LogP contribution in [0, 0.1) is 11.8 Å². The summed E-state index contributed by atoms with van der Waals surface area (Å²) in [5, 5.41) is 0. The lowest BCUT2D eigenvalue weighted by Crippen LogP contribution is -2.36. The maximum Gasteiger partial charge on any atom is 0.401 e. The highest BCUT2D eigenvalue weighted by atomic mass is 19.4. The molecule has 0 aromatic heterocycles. The van der Waals surface area contributed by atoms with Crippen molar-refractivity contribution in [2.45, 2.75) is 26.2 Å². The van der Waals surface area contributed by atoms with Gasteiger partial charge in [-0.3, -0.25) is 9.59 Å². The van der Waals surface area contributed by atoms with E-state index in [0.717, 1.165) is 0 Å². The summed E-state index contributed by atoms with van der Waals surface area (Å²) < 4.78 is 75.2. The Morgan fingerprint density at radius 1 is 0.824 bits per heavy atom. The van der Waals surface area contributed by atoms with Crippen molar-refractivity contribution in [1.29, 1.82) is 0 Å². The third-order valence-corrected chi connectivity index (χ3v) is 1.89. The quantitative estimate of drug-likeness (QED) is 0.438. The monoisotopic (exact) mass is 266 g/mol. The highest BCUT2D eigenvalue weighted by molar-refractivity contribution is 5.88. The summed E-state index contributed by atoms with van der Waals surface area (Å²) in [6.45, 7) is 0.766. The molecule has 9 heteroatoms. The van der Waals surface area contributed by atoms with Crippen LogP contribution in [-0.4, -0.2) is 24.3 Å². The van der Waals surface area contributed by atoms with Gasteiger partial charge in [0.25, 0.3) is 0 Å². The van der Waals surface area contributed by atoms with Crippen molar-refractivity contribution in [1.82, 2.24) is 0 Å². The lowest BCUT2D eigenvalue weighted by atomic mass is 10.1. The molecule has 2 unspecified atom stereocenters. The molecule has 100 valence electrons. The predicted octanol–water partition coefficient (Wildman–Crippen LogP) is 2.45. The lowest BCUT2D eigenvalue weighted by molar-refractivity contribution is -0.207. The van der Waals surface area contributed by atoms with Crippen molar-refractivity contribution in [3.63, 3.8) is 0 Å². The molecule has 0 amide bonds. The van der Waals surface area contributed by atoms with Crippen LogP contribution in [0.2, 0.25) is 0 Å². The maximum atomic E-state index is 12.0. The van der Waals surface area contributed by atoms with Crippen LogP contribution in [0.5, 0.6) is 0 Å². The van der Waals surface area contributed by atoms with Crippen molar-refractivity contribution in [3.8, 4) is 0 Å². The summed E-state index contributed by atoms with van der Waals surface area (Å²) >= 11 is 0. The van der Waals surface area contributed by atoms with E-state index in [1.165, 1.54) is 0 Å². The number of alkyl halides is 6. The molecule has 2 atom stereocenters. The highest BCUT2D eigenvalue weighted by Crippen LogP contribution is 2.29. The Kier molecular flexibility index (Phi) is 4.55. The fourth-order valence-electron chi connectivity index (χ4n) is 0.543. The summed E-state index contributed by atoms with van der Waals surface area (Å²) in [4.78, 5) is 21.4. The molecule has 0 N–H and O–H groups in total. The summed E-state index contributed by atoms with van der Waals surface area (Å²) in [5.41, 5.74) is 0. The first-order valence-corrected chi connectivity index (χ1v) is 4.26. The maximum absolute atomic E-state index is 12.0. The Morgan fingerprint density at radius 2 is 1.06 bits per heavy atom. The van der Waals surface area contributed by atoms with E-state index in [9.17, 15) is 35.9 Å². The standard InChI is InChI=1S/C8H8F6O3/c1-3(7(9,10)11)5(15)17-6(16)4(2)8(12,13)14/h3-4H,1-2H3. The molecular weight excluding hydrogens is 258 g/mol. The van der Waals surface area contributed by atoms with Gasteiger partial charge in [-0.1, -0.05) is 0 Å². The number of rotatable bonds is 2. The molecule has 0 spiro atoms. The van der Waals surface area contributed by atoms with Crippen LogP contribution in [-0.2, 0) is 14.3 Å². The average Bonchev–Trinajstić information content (AvgIpc) is 2.12. The molecule has 0 saturated heterocycles. The van der Waals surface area contributed by atoms with E-state index in [4.69, 9.17) is 0 Å². The molecule has 0 aliphatic carbocycles. The van der Waals surface area contributed by atoms with Crippen molar-refractivity contribution in [3.05, 3.63) is 0 Å². The normalized spacial score (nSPS) is 16.2. The zero-order valence-corrected chi connectivity index (χ0v) is 8.65. The topological polar surface area (TPSA) is 43.4 Å². The number of hydrogen-bond acceptors (Lipinski definition) is 3. The molecule has 0 heterocycles. The Labute approximate surface area is 91.7 Å². The Hall–Kier alpha value is -1.28. The Balaban J connectivity index is 4.57. The van der Waals surface area contributed by atoms with Crippen LogP contribution < -0.4 is 0 Å². The van der Waals surface area contributed by atoms with E-state index >= 15 is 0 Å². The molecule has 0 fully saturated rings. The Bertz CT molecular complexity index is 275. The SMILES string of the molecule is CC(C(=O)OC(=O)C(C)C(F)(F)F)C(F)(F)F. The van der Waals surface area contributed by atoms with Gasteiger partial charge < -0.3 is 4.74 Å². The fraction of sp³-hybridized carbons (Fsp3) is 0.750. The summed E-state index contributed by atoms with van der Waals surface area (Å²) in [5.74, 6) is -9.43. The second-order valence-corrected chi connectivity index (χ2v) is 3.27. The smallest absolute Gasteiger partial charge is 0.392 e. The second kappa shape index (κ2) is 4.92. The van der Waals surface area contributed by atoms with E-state index in [1.54, 1.807) is 0 Å². The van der Waals surface area contributed by atoms with E-state index in [0.29, 0.717) is 13.8 Å².